The van der Waals surface area contributed by atoms with Gasteiger partial charge in [-0.05, 0) is 62.9 Å². The van der Waals surface area contributed by atoms with Crippen molar-refractivity contribution in [2.45, 2.75) is 51.0 Å². The predicted molar refractivity (Wildman–Crippen MR) is 104 cm³/mol. The first kappa shape index (κ1) is 20.9. The number of likely N-dealkylation sites (tertiary alicyclic amines) is 1. The number of nitrogens with zero attached hydrogens (tertiary/aromatic N) is 2. The molecule has 1 heterocycles. The lowest BCUT2D eigenvalue weighted by Gasteiger charge is -2.32. The van der Waals surface area contributed by atoms with E-state index < -0.39 is 10.0 Å². The Morgan fingerprint density at radius 3 is 2.46 bits per heavy atom. The van der Waals surface area contributed by atoms with Crippen LogP contribution in [0.4, 0.5) is 0 Å². The van der Waals surface area contributed by atoms with Crippen LogP contribution in [-0.2, 0) is 14.8 Å². The topological polar surface area (TPSA) is 69.7 Å². The monoisotopic (exact) mass is 381 g/mol. The Balaban J connectivity index is 1.91. The second-order valence-electron chi connectivity index (χ2n) is 7.19. The van der Waals surface area contributed by atoms with Crippen LogP contribution in [0, 0.1) is 13.8 Å². The van der Waals surface area contributed by atoms with Crippen molar-refractivity contribution >= 4 is 15.9 Å². The third kappa shape index (κ3) is 5.28. The highest BCUT2D eigenvalue weighted by Gasteiger charge is 2.25. The number of benzene rings is 1. The number of nitrogens with one attached hydrogen (secondary N) is 1. The molecule has 1 aromatic rings. The van der Waals surface area contributed by atoms with Crippen LogP contribution in [0.5, 0.6) is 0 Å². The van der Waals surface area contributed by atoms with Crippen molar-refractivity contribution in [1.82, 2.24) is 14.5 Å². The first-order valence-corrected chi connectivity index (χ1v) is 10.7. The van der Waals surface area contributed by atoms with Gasteiger partial charge in [0.15, 0.2) is 0 Å². The molecule has 1 N–H and O–H groups in total. The fourth-order valence-corrected chi connectivity index (χ4v) is 4.44. The number of rotatable bonds is 7. The maximum Gasteiger partial charge on any atom is 0.243 e. The minimum absolute atomic E-state index is 0.133. The SMILES string of the molecule is CCCN1CCC(NC(=O)CN(C)S(=O)(=O)c2ccc(C)c(C)c2)CC1. The molecule has 0 bridgehead atoms. The molecule has 1 fully saturated rings. The van der Waals surface area contributed by atoms with Gasteiger partial charge < -0.3 is 10.2 Å². The number of aryl methyl sites for hydroxylation is 2. The van der Waals surface area contributed by atoms with Crippen molar-refractivity contribution in [2.24, 2.45) is 0 Å². The Labute approximate surface area is 157 Å². The van der Waals surface area contributed by atoms with Crippen LogP contribution < -0.4 is 5.32 Å². The zero-order valence-electron chi connectivity index (χ0n) is 16.3. The van der Waals surface area contributed by atoms with E-state index in [0.717, 1.165) is 54.3 Å². The molecule has 7 heteroatoms. The average Bonchev–Trinajstić information content (AvgIpc) is 2.59. The van der Waals surface area contributed by atoms with Crippen molar-refractivity contribution < 1.29 is 13.2 Å². The summed E-state index contributed by atoms with van der Waals surface area (Å²) in [5.41, 5.74) is 1.96. The van der Waals surface area contributed by atoms with Crippen LogP contribution >= 0.6 is 0 Å². The molecule has 0 atom stereocenters. The third-order valence-corrected chi connectivity index (χ3v) is 6.84. The van der Waals surface area contributed by atoms with Gasteiger partial charge in [0, 0.05) is 26.2 Å². The Bertz CT molecular complexity index is 726. The highest BCUT2D eigenvalue weighted by atomic mass is 32.2. The van der Waals surface area contributed by atoms with Gasteiger partial charge in [-0.1, -0.05) is 13.0 Å². The van der Waals surface area contributed by atoms with E-state index in [1.54, 1.807) is 18.2 Å². The summed E-state index contributed by atoms with van der Waals surface area (Å²) in [5, 5.41) is 2.98. The number of likely N-dealkylation sites (N-methyl/N-ethyl adjacent to an activating group) is 1. The predicted octanol–water partition coefficient (Wildman–Crippen LogP) is 1.91. The lowest BCUT2D eigenvalue weighted by atomic mass is 10.0. The van der Waals surface area contributed by atoms with Crippen molar-refractivity contribution in [1.29, 1.82) is 0 Å². The fraction of sp³-hybridized carbons (Fsp3) is 0.632. The molecule has 1 saturated heterocycles. The highest BCUT2D eigenvalue weighted by Crippen LogP contribution is 2.18. The normalized spacial score (nSPS) is 16.8. The van der Waals surface area contributed by atoms with E-state index >= 15 is 0 Å². The van der Waals surface area contributed by atoms with Gasteiger partial charge in [-0.15, -0.1) is 0 Å². The fourth-order valence-electron chi connectivity index (χ4n) is 3.23. The lowest BCUT2D eigenvalue weighted by Crippen LogP contribution is -2.47. The summed E-state index contributed by atoms with van der Waals surface area (Å²) in [7, 11) is -2.21. The molecule has 26 heavy (non-hydrogen) atoms. The Kier molecular flexibility index (Phi) is 7.20. The maximum atomic E-state index is 12.7. The van der Waals surface area contributed by atoms with Crippen LogP contribution in [0.25, 0.3) is 0 Å². The molecule has 1 amide bonds. The summed E-state index contributed by atoms with van der Waals surface area (Å²) in [4.78, 5) is 14.9. The van der Waals surface area contributed by atoms with Crippen molar-refractivity contribution in [2.75, 3.05) is 33.2 Å². The van der Waals surface area contributed by atoms with Crippen molar-refractivity contribution in [3.05, 3.63) is 29.3 Å². The largest absolute Gasteiger partial charge is 0.352 e. The van der Waals surface area contributed by atoms with Gasteiger partial charge in [-0.3, -0.25) is 4.79 Å². The second kappa shape index (κ2) is 8.97. The molecule has 1 aliphatic heterocycles. The Hall–Kier alpha value is -1.44. The minimum atomic E-state index is -3.67. The summed E-state index contributed by atoms with van der Waals surface area (Å²) in [6.45, 7) is 8.88. The summed E-state index contributed by atoms with van der Waals surface area (Å²) in [6, 6.07) is 5.17. The van der Waals surface area contributed by atoms with Crippen LogP contribution in [0.1, 0.15) is 37.3 Å². The van der Waals surface area contributed by atoms with E-state index in [9.17, 15) is 13.2 Å². The molecule has 1 aromatic carbocycles. The molecule has 0 unspecified atom stereocenters. The van der Waals surface area contributed by atoms with Gasteiger partial charge in [-0.2, -0.15) is 4.31 Å². The average molecular weight is 382 g/mol. The smallest absolute Gasteiger partial charge is 0.243 e. The zero-order chi connectivity index (χ0) is 19.3. The number of sulfonamides is 1. The van der Waals surface area contributed by atoms with E-state index in [4.69, 9.17) is 0 Å². The van der Waals surface area contributed by atoms with Crippen molar-refractivity contribution in [3.63, 3.8) is 0 Å². The third-order valence-electron chi connectivity index (χ3n) is 5.05. The summed E-state index contributed by atoms with van der Waals surface area (Å²) >= 11 is 0. The van der Waals surface area contributed by atoms with E-state index in [1.807, 2.05) is 13.8 Å². The molecule has 0 saturated carbocycles. The van der Waals surface area contributed by atoms with Gasteiger partial charge >= 0.3 is 0 Å². The zero-order valence-corrected chi connectivity index (χ0v) is 17.1. The molecule has 0 aliphatic carbocycles. The van der Waals surface area contributed by atoms with E-state index in [2.05, 4.69) is 17.1 Å². The number of amides is 1. The van der Waals surface area contributed by atoms with Gasteiger partial charge in [0.05, 0.1) is 11.4 Å². The second-order valence-corrected chi connectivity index (χ2v) is 9.24. The first-order chi connectivity index (χ1) is 12.2. The molecule has 0 aromatic heterocycles. The summed E-state index contributed by atoms with van der Waals surface area (Å²) in [6.07, 6.45) is 2.97. The molecule has 0 radical (unpaired) electrons. The standard InChI is InChI=1S/C19H31N3O3S/c1-5-10-22-11-8-17(9-12-22)20-19(23)14-21(4)26(24,25)18-7-6-15(2)16(3)13-18/h6-7,13,17H,5,8-12,14H2,1-4H3,(H,20,23). The Morgan fingerprint density at radius 2 is 1.88 bits per heavy atom. The van der Waals surface area contributed by atoms with Crippen LogP contribution in [-0.4, -0.2) is 62.8 Å². The summed E-state index contributed by atoms with van der Waals surface area (Å²) in [5.74, 6) is -0.242. The number of hydrogen-bond acceptors (Lipinski definition) is 4. The molecular formula is C19H31N3O3S. The van der Waals surface area contributed by atoms with E-state index in [1.165, 1.54) is 7.05 Å². The quantitative estimate of drug-likeness (QED) is 0.783. The van der Waals surface area contributed by atoms with Crippen LogP contribution in [0.15, 0.2) is 23.1 Å². The molecule has 2 rings (SSSR count). The molecule has 146 valence electrons. The number of piperidine rings is 1. The van der Waals surface area contributed by atoms with Crippen LogP contribution in [0.2, 0.25) is 0 Å². The van der Waals surface area contributed by atoms with Gasteiger partial charge in [0.25, 0.3) is 0 Å². The highest BCUT2D eigenvalue weighted by molar-refractivity contribution is 7.89. The summed E-state index contributed by atoms with van der Waals surface area (Å²) < 4.78 is 26.5. The van der Waals surface area contributed by atoms with E-state index in [-0.39, 0.29) is 23.4 Å². The number of carbonyl (C=O) groups excluding carboxylic acids is 1. The number of hydrogen-bond donors (Lipinski definition) is 1. The first-order valence-electron chi connectivity index (χ1n) is 9.29. The van der Waals surface area contributed by atoms with E-state index in [0.29, 0.717) is 0 Å². The van der Waals surface area contributed by atoms with Gasteiger partial charge in [-0.25, -0.2) is 8.42 Å². The maximum absolute atomic E-state index is 12.7. The molecule has 0 spiro atoms. The van der Waals surface area contributed by atoms with Gasteiger partial charge in [0.2, 0.25) is 15.9 Å². The molecule has 1 aliphatic rings. The Morgan fingerprint density at radius 1 is 1.23 bits per heavy atom. The molecule has 6 nitrogen and oxygen atoms in total. The molecular weight excluding hydrogens is 350 g/mol. The van der Waals surface area contributed by atoms with Crippen molar-refractivity contribution in [3.8, 4) is 0 Å². The number of carbonyl (C=O) groups is 1. The van der Waals surface area contributed by atoms with Crippen LogP contribution in [0.3, 0.4) is 0 Å². The van der Waals surface area contributed by atoms with Gasteiger partial charge in [0.1, 0.15) is 0 Å². The lowest BCUT2D eigenvalue weighted by molar-refractivity contribution is -0.122. The minimum Gasteiger partial charge on any atom is -0.352 e.